The minimum atomic E-state index is -4.25. The number of benzene rings is 1. The lowest BCUT2D eigenvalue weighted by Crippen LogP contribution is -2.34. The van der Waals surface area contributed by atoms with Crippen molar-refractivity contribution in [2.24, 2.45) is 11.8 Å². The number of nitrogens with one attached hydrogen (secondary N) is 1. The number of para-hydroxylation sites is 1. The Hall–Kier alpha value is -2.03. The first-order valence-corrected chi connectivity index (χ1v) is 6.78. The van der Waals surface area contributed by atoms with Crippen LogP contribution in [0.1, 0.15) is 31.2 Å². The van der Waals surface area contributed by atoms with Crippen LogP contribution in [0, 0.1) is 23.2 Å². The maximum absolute atomic E-state index is 12.7. The van der Waals surface area contributed by atoms with Crippen molar-refractivity contribution < 1.29 is 18.0 Å². The van der Waals surface area contributed by atoms with Gasteiger partial charge in [-0.1, -0.05) is 18.6 Å². The van der Waals surface area contributed by atoms with E-state index in [4.69, 9.17) is 5.26 Å². The van der Waals surface area contributed by atoms with Crippen molar-refractivity contribution in [2.75, 3.05) is 5.32 Å². The highest BCUT2D eigenvalue weighted by atomic mass is 19.4. The Labute approximate surface area is 120 Å². The van der Waals surface area contributed by atoms with E-state index in [1.807, 2.05) is 6.07 Å². The van der Waals surface area contributed by atoms with Gasteiger partial charge in [-0.25, -0.2) is 0 Å². The molecule has 1 saturated carbocycles. The van der Waals surface area contributed by atoms with Gasteiger partial charge in [0.1, 0.15) is 6.07 Å². The number of carbonyl (C=O) groups excluding carboxylic acids is 1. The largest absolute Gasteiger partial charge is 0.391 e. The molecular formula is C15H15F3N2O. The van der Waals surface area contributed by atoms with Gasteiger partial charge in [0, 0.05) is 5.92 Å². The van der Waals surface area contributed by atoms with Crippen LogP contribution in [-0.2, 0) is 4.79 Å². The standard InChI is InChI=1S/C15H15F3N2O/c16-15(17,18)12-6-3-5-10(8-12)14(21)20-13-7-2-1-4-11(13)9-19/h1-2,4,7,10,12H,3,5-6,8H2,(H,20,21)/t10-,12-/m0/s1. The molecule has 6 heteroatoms. The molecule has 1 aliphatic rings. The lowest BCUT2D eigenvalue weighted by Gasteiger charge is -2.29. The van der Waals surface area contributed by atoms with Crippen molar-refractivity contribution in [3.63, 3.8) is 0 Å². The number of nitrogens with zero attached hydrogens (tertiary/aromatic N) is 1. The lowest BCUT2D eigenvalue weighted by molar-refractivity contribution is -0.185. The van der Waals surface area contributed by atoms with E-state index >= 15 is 0 Å². The van der Waals surface area contributed by atoms with E-state index in [1.165, 1.54) is 0 Å². The number of hydrogen-bond acceptors (Lipinski definition) is 2. The average Bonchev–Trinajstić information content (AvgIpc) is 2.47. The van der Waals surface area contributed by atoms with Gasteiger partial charge in [0.15, 0.2) is 0 Å². The van der Waals surface area contributed by atoms with Gasteiger partial charge >= 0.3 is 6.18 Å². The van der Waals surface area contributed by atoms with Crippen LogP contribution < -0.4 is 5.32 Å². The number of halogens is 3. The highest BCUT2D eigenvalue weighted by Crippen LogP contribution is 2.40. The number of carbonyl (C=O) groups is 1. The minimum Gasteiger partial charge on any atom is -0.325 e. The van der Waals surface area contributed by atoms with Crippen LogP contribution in [0.3, 0.4) is 0 Å². The summed E-state index contributed by atoms with van der Waals surface area (Å²) in [6.45, 7) is 0. The van der Waals surface area contributed by atoms with Crippen molar-refractivity contribution in [2.45, 2.75) is 31.9 Å². The Balaban J connectivity index is 2.05. The predicted molar refractivity (Wildman–Crippen MR) is 71.3 cm³/mol. The van der Waals surface area contributed by atoms with Crippen LogP contribution in [0.4, 0.5) is 18.9 Å². The maximum atomic E-state index is 12.7. The molecule has 3 nitrogen and oxygen atoms in total. The molecule has 0 unspecified atom stereocenters. The lowest BCUT2D eigenvalue weighted by atomic mass is 9.80. The summed E-state index contributed by atoms with van der Waals surface area (Å²) in [4.78, 5) is 12.1. The third-order valence-electron chi connectivity index (χ3n) is 3.81. The van der Waals surface area contributed by atoms with Gasteiger partial charge in [0.2, 0.25) is 5.91 Å². The highest BCUT2D eigenvalue weighted by Gasteiger charge is 2.43. The molecule has 0 saturated heterocycles. The zero-order chi connectivity index (χ0) is 15.5. The SMILES string of the molecule is N#Cc1ccccc1NC(=O)[C@H]1CCC[C@H](C(F)(F)F)C1. The summed E-state index contributed by atoms with van der Waals surface area (Å²) in [6, 6.07) is 8.39. The summed E-state index contributed by atoms with van der Waals surface area (Å²) in [5, 5.41) is 11.5. The fourth-order valence-electron chi connectivity index (χ4n) is 2.65. The van der Waals surface area contributed by atoms with Crippen LogP contribution in [0.5, 0.6) is 0 Å². The molecule has 0 radical (unpaired) electrons. The monoisotopic (exact) mass is 296 g/mol. The highest BCUT2D eigenvalue weighted by molar-refractivity contribution is 5.93. The first-order chi connectivity index (χ1) is 9.91. The summed E-state index contributed by atoms with van der Waals surface area (Å²) in [5.74, 6) is -2.50. The molecular weight excluding hydrogens is 281 g/mol. The van der Waals surface area contributed by atoms with Gasteiger partial charge in [-0.05, 0) is 31.4 Å². The second-order valence-electron chi connectivity index (χ2n) is 5.25. The van der Waals surface area contributed by atoms with Crippen LogP contribution in [-0.4, -0.2) is 12.1 Å². The second kappa shape index (κ2) is 6.17. The van der Waals surface area contributed by atoms with Gasteiger partial charge in [0.25, 0.3) is 0 Å². The summed E-state index contributed by atoms with van der Waals surface area (Å²) in [6.07, 6.45) is -3.50. The molecule has 0 heterocycles. The molecule has 1 fully saturated rings. The fourth-order valence-corrected chi connectivity index (χ4v) is 2.65. The van der Waals surface area contributed by atoms with E-state index in [9.17, 15) is 18.0 Å². The predicted octanol–water partition coefficient (Wildman–Crippen LogP) is 3.87. The zero-order valence-electron chi connectivity index (χ0n) is 11.3. The fraction of sp³-hybridized carbons (Fsp3) is 0.467. The quantitative estimate of drug-likeness (QED) is 0.900. The molecule has 1 amide bonds. The Bertz CT molecular complexity index is 563. The minimum absolute atomic E-state index is 0.0854. The van der Waals surface area contributed by atoms with E-state index in [1.54, 1.807) is 24.3 Å². The number of nitriles is 1. The van der Waals surface area contributed by atoms with Crippen LogP contribution >= 0.6 is 0 Å². The molecule has 0 aliphatic heterocycles. The third kappa shape index (κ3) is 3.75. The second-order valence-corrected chi connectivity index (χ2v) is 5.25. The molecule has 112 valence electrons. The maximum Gasteiger partial charge on any atom is 0.391 e. The van der Waals surface area contributed by atoms with Gasteiger partial charge in [-0.15, -0.1) is 0 Å². The van der Waals surface area contributed by atoms with Gasteiger partial charge in [-0.2, -0.15) is 18.4 Å². The number of hydrogen-bond donors (Lipinski definition) is 1. The molecule has 21 heavy (non-hydrogen) atoms. The Morgan fingerprint density at radius 1 is 1.29 bits per heavy atom. The van der Waals surface area contributed by atoms with Crippen molar-refractivity contribution in [3.05, 3.63) is 29.8 Å². The van der Waals surface area contributed by atoms with E-state index in [0.29, 0.717) is 24.1 Å². The molecule has 1 aromatic carbocycles. The van der Waals surface area contributed by atoms with Crippen molar-refractivity contribution in [1.29, 1.82) is 5.26 Å². The van der Waals surface area contributed by atoms with Crippen molar-refractivity contribution in [3.8, 4) is 6.07 Å². The molecule has 1 aromatic rings. The van der Waals surface area contributed by atoms with Crippen molar-refractivity contribution in [1.82, 2.24) is 0 Å². The summed E-state index contributed by atoms with van der Waals surface area (Å²) in [5.41, 5.74) is 0.646. The van der Waals surface area contributed by atoms with E-state index in [-0.39, 0.29) is 12.8 Å². The Morgan fingerprint density at radius 3 is 2.67 bits per heavy atom. The normalized spacial score (nSPS) is 22.4. The molecule has 2 rings (SSSR count). The van der Waals surface area contributed by atoms with Crippen LogP contribution in [0.15, 0.2) is 24.3 Å². The molecule has 0 aromatic heterocycles. The number of amides is 1. The molecule has 0 bridgehead atoms. The smallest absolute Gasteiger partial charge is 0.325 e. The molecule has 2 atom stereocenters. The van der Waals surface area contributed by atoms with E-state index < -0.39 is 23.9 Å². The topological polar surface area (TPSA) is 52.9 Å². The van der Waals surface area contributed by atoms with Crippen molar-refractivity contribution >= 4 is 11.6 Å². The summed E-state index contributed by atoms with van der Waals surface area (Å²) in [7, 11) is 0. The first kappa shape index (κ1) is 15.4. The van der Waals surface area contributed by atoms with Crippen LogP contribution in [0.25, 0.3) is 0 Å². The molecule has 1 aliphatic carbocycles. The van der Waals surface area contributed by atoms with Crippen LogP contribution in [0.2, 0.25) is 0 Å². The van der Waals surface area contributed by atoms with Gasteiger partial charge in [0.05, 0.1) is 17.2 Å². The van der Waals surface area contributed by atoms with E-state index in [0.717, 1.165) is 0 Å². The van der Waals surface area contributed by atoms with E-state index in [2.05, 4.69) is 5.32 Å². The first-order valence-electron chi connectivity index (χ1n) is 6.78. The number of alkyl halides is 3. The Kier molecular flexibility index (Phi) is 4.51. The van der Waals surface area contributed by atoms with Gasteiger partial charge < -0.3 is 5.32 Å². The summed E-state index contributed by atoms with van der Waals surface area (Å²) >= 11 is 0. The Morgan fingerprint density at radius 2 is 2.00 bits per heavy atom. The average molecular weight is 296 g/mol. The zero-order valence-corrected chi connectivity index (χ0v) is 11.3. The van der Waals surface area contributed by atoms with Gasteiger partial charge in [-0.3, -0.25) is 4.79 Å². The number of rotatable bonds is 2. The molecule has 0 spiro atoms. The summed E-state index contributed by atoms with van der Waals surface area (Å²) < 4.78 is 38.2. The third-order valence-corrected chi connectivity index (χ3v) is 3.81. The number of anilines is 1. The molecule has 1 N–H and O–H groups in total.